The molecule has 3 nitrogen and oxygen atoms in total. The third kappa shape index (κ3) is 5.23. The fourth-order valence-corrected chi connectivity index (χ4v) is 4.63. The second-order valence-electron chi connectivity index (χ2n) is 8.37. The normalized spacial score (nSPS) is 15.4. The molecule has 32 heavy (non-hydrogen) atoms. The number of Topliss-reactive ketones (excluding diaryl/α,β-unsaturated/α-hetero) is 2. The number of fused-ring (bicyclic) bond motifs is 1. The van der Waals surface area contributed by atoms with Crippen molar-refractivity contribution in [1.82, 2.24) is 0 Å². The summed E-state index contributed by atoms with van der Waals surface area (Å²) in [5, 5.41) is 10.7. The molecule has 4 rings (SSSR count). The van der Waals surface area contributed by atoms with Crippen molar-refractivity contribution < 1.29 is 14.7 Å². The number of benzene rings is 3. The lowest BCUT2D eigenvalue weighted by Gasteiger charge is -2.23. The molecule has 1 aliphatic rings. The Morgan fingerprint density at radius 1 is 0.938 bits per heavy atom. The SMILES string of the molecule is O=C(CCCc1ccc(Cl)c(Cl)c1)c1ccc(CC2CCc3cc(O)ccc3C2=O)cc1. The van der Waals surface area contributed by atoms with Gasteiger partial charge in [0.25, 0.3) is 0 Å². The summed E-state index contributed by atoms with van der Waals surface area (Å²) < 4.78 is 0. The summed E-state index contributed by atoms with van der Waals surface area (Å²) in [6.45, 7) is 0. The smallest absolute Gasteiger partial charge is 0.166 e. The number of hydrogen-bond acceptors (Lipinski definition) is 3. The van der Waals surface area contributed by atoms with Crippen molar-refractivity contribution in [3.05, 3.63) is 98.5 Å². The molecular formula is C27H24Cl2O3. The van der Waals surface area contributed by atoms with Crippen molar-refractivity contribution in [2.24, 2.45) is 5.92 Å². The molecule has 0 spiro atoms. The second-order valence-corrected chi connectivity index (χ2v) is 9.18. The van der Waals surface area contributed by atoms with E-state index in [1.54, 1.807) is 24.3 Å². The Hall–Kier alpha value is -2.62. The maximum Gasteiger partial charge on any atom is 0.166 e. The maximum absolute atomic E-state index is 12.8. The Morgan fingerprint density at radius 3 is 2.44 bits per heavy atom. The van der Waals surface area contributed by atoms with Crippen LogP contribution in [0.4, 0.5) is 0 Å². The summed E-state index contributed by atoms with van der Waals surface area (Å²) in [6.07, 6.45) is 4.18. The van der Waals surface area contributed by atoms with Gasteiger partial charge in [0.05, 0.1) is 10.0 Å². The first kappa shape index (κ1) is 22.6. The van der Waals surface area contributed by atoms with Gasteiger partial charge in [0.15, 0.2) is 11.6 Å². The zero-order valence-electron chi connectivity index (χ0n) is 17.6. The first-order chi connectivity index (χ1) is 15.4. The van der Waals surface area contributed by atoms with E-state index in [1.165, 1.54) is 0 Å². The summed E-state index contributed by atoms with van der Waals surface area (Å²) in [7, 11) is 0. The predicted molar refractivity (Wildman–Crippen MR) is 128 cm³/mol. The van der Waals surface area contributed by atoms with E-state index in [0.717, 1.165) is 42.4 Å². The van der Waals surface area contributed by atoms with Gasteiger partial charge in [0.1, 0.15) is 5.75 Å². The van der Waals surface area contributed by atoms with Gasteiger partial charge in [-0.1, -0.05) is 53.5 Å². The fraction of sp³-hybridized carbons (Fsp3) is 0.259. The number of phenols is 1. The van der Waals surface area contributed by atoms with E-state index in [9.17, 15) is 14.7 Å². The van der Waals surface area contributed by atoms with Crippen LogP contribution in [-0.2, 0) is 19.3 Å². The number of carbonyl (C=O) groups excluding carboxylic acids is 2. The van der Waals surface area contributed by atoms with Gasteiger partial charge in [-0.15, -0.1) is 0 Å². The van der Waals surface area contributed by atoms with Gasteiger partial charge < -0.3 is 5.11 Å². The Kier molecular flexibility index (Phi) is 6.98. The van der Waals surface area contributed by atoms with Crippen LogP contribution < -0.4 is 0 Å². The zero-order chi connectivity index (χ0) is 22.7. The van der Waals surface area contributed by atoms with Crippen molar-refractivity contribution in [3.63, 3.8) is 0 Å². The van der Waals surface area contributed by atoms with Crippen molar-refractivity contribution in [2.75, 3.05) is 0 Å². The summed E-state index contributed by atoms with van der Waals surface area (Å²) in [5.74, 6) is 0.375. The number of phenolic OH excluding ortho intramolecular Hbond substituents is 1. The van der Waals surface area contributed by atoms with Crippen LogP contribution in [0, 0.1) is 5.92 Å². The summed E-state index contributed by atoms with van der Waals surface area (Å²) in [6, 6.07) is 18.1. The molecule has 0 heterocycles. The largest absolute Gasteiger partial charge is 0.508 e. The molecule has 1 atom stereocenters. The standard InChI is InChI=1S/C27H24Cl2O3/c28-24-13-6-17(15-25(24)29)2-1-3-26(31)19-7-4-18(5-8-19)14-21-10-9-20-16-22(30)11-12-23(20)27(21)32/h4-8,11-13,15-16,21,30H,1-3,9-10,14H2. The molecule has 0 aliphatic heterocycles. The van der Waals surface area contributed by atoms with E-state index < -0.39 is 0 Å². The van der Waals surface area contributed by atoms with E-state index in [2.05, 4.69) is 0 Å². The molecule has 3 aromatic rings. The van der Waals surface area contributed by atoms with E-state index >= 15 is 0 Å². The third-order valence-electron chi connectivity index (χ3n) is 6.10. The number of rotatable bonds is 7. The maximum atomic E-state index is 12.8. The molecular weight excluding hydrogens is 443 g/mol. The molecule has 0 aromatic heterocycles. The van der Waals surface area contributed by atoms with Crippen LogP contribution in [0.5, 0.6) is 5.75 Å². The molecule has 1 N–H and O–H groups in total. The molecule has 1 unspecified atom stereocenters. The van der Waals surface area contributed by atoms with Crippen molar-refractivity contribution >= 4 is 34.8 Å². The number of hydrogen-bond donors (Lipinski definition) is 1. The topological polar surface area (TPSA) is 54.4 Å². The quantitative estimate of drug-likeness (QED) is 0.385. The van der Waals surface area contributed by atoms with Crippen LogP contribution in [0.15, 0.2) is 60.7 Å². The molecule has 164 valence electrons. The van der Waals surface area contributed by atoms with Crippen LogP contribution in [0.2, 0.25) is 10.0 Å². The molecule has 1 aliphatic carbocycles. The van der Waals surface area contributed by atoms with Gasteiger partial charge in [0, 0.05) is 23.5 Å². The number of ketones is 2. The number of aromatic hydroxyl groups is 1. The van der Waals surface area contributed by atoms with Gasteiger partial charge in [0.2, 0.25) is 0 Å². The summed E-state index contributed by atoms with van der Waals surface area (Å²) in [5.41, 5.74) is 4.45. The Labute approximate surface area is 198 Å². The van der Waals surface area contributed by atoms with Crippen LogP contribution in [0.25, 0.3) is 0 Å². The molecule has 0 saturated carbocycles. The van der Waals surface area contributed by atoms with Crippen LogP contribution >= 0.6 is 23.2 Å². The minimum absolute atomic E-state index is 0.0696. The van der Waals surface area contributed by atoms with Crippen molar-refractivity contribution in [3.8, 4) is 5.75 Å². The Morgan fingerprint density at radius 2 is 1.69 bits per heavy atom. The first-order valence-electron chi connectivity index (χ1n) is 10.8. The molecule has 0 amide bonds. The molecule has 0 fully saturated rings. The monoisotopic (exact) mass is 466 g/mol. The molecule has 5 heteroatoms. The Balaban J connectivity index is 1.31. The number of aryl methyl sites for hydroxylation is 2. The minimum atomic E-state index is -0.0696. The van der Waals surface area contributed by atoms with Crippen LogP contribution in [0.1, 0.15) is 56.7 Å². The highest BCUT2D eigenvalue weighted by Gasteiger charge is 2.27. The lowest BCUT2D eigenvalue weighted by Crippen LogP contribution is -2.24. The number of halogens is 2. The predicted octanol–water partition coefficient (Wildman–Crippen LogP) is 6.89. The zero-order valence-corrected chi connectivity index (χ0v) is 19.1. The van der Waals surface area contributed by atoms with Gasteiger partial charge >= 0.3 is 0 Å². The van der Waals surface area contributed by atoms with E-state index in [-0.39, 0.29) is 23.2 Å². The lowest BCUT2D eigenvalue weighted by molar-refractivity contribution is 0.0900. The first-order valence-corrected chi connectivity index (χ1v) is 11.6. The third-order valence-corrected chi connectivity index (χ3v) is 6.84. The van der Waals surface area contributed by atoms with Crippen LogP contribution in [0.3, 0.4) is 0 Å². The highest BCUT2D eigenvalue weighted by molar-refractivity contribution is 6.42. The van der Waals surface area contributed by atoms with Crippen molar-refractivity contribution in [2.45, 2.75) is 38.5 Å². The number of carbonyl (C=O) groups is 2. The lowest BCUT2D eigenvalue weighted by atomic mass is 9.79. The highest BCUT2D eigenvalue weighted by atomic mass is 35.5. The minimum Gasteiger partial charge on any atom is -0.508 e. The second kappa shape index (κ2) is 9.89. The van der Waals surface area contributed by atoms with Crippen molar-refractivity contribution in [1.29, 1.82) is 0 Å². The van der Waals surface area contributed by atoms with E-state index in [4.69, 9.17) is 23.2 Å². The average molecular weight is 467 g/mol. The Bertz CT molecular complexity index is 1150. The van der Waals surface area contributed by atoms with Gasteiger partial charge in [-0.2, -0.15) is 0 Å². The highest BCUT2D eigenvalue weighted by Crippen LogP contribution is 2.30. The fourth-order valence-electron chi connectivity index (χ4n) is 4.31. The van der Waals surface area contributed by atoms with E-state index in [1.807, 2.05) is 36.4 Å². The van der Waals surface area contributed by atoms with Gasteiger partial charge in [-0.05, 0) is 79.1 Å². The van der Waals surface area contributed by atoms with Gasteiger partial charge in [-0.25, -0.2) is 0 Å². The summed E-state index contributed by atoms with van der Waals surface area (Å²) in [4.78, 5) is 25.4. The van der Waals surface area contributed by atoms with Gasteiger partial charge in [-0.3, -0.25) is 9.59 Å². The molecule has 0 radical (unpaired) electrons. The molecule has 0 saturated heterocycles. The molecule has 0 bridgehead atoms. The average Bonchev–Trinajstić information content (AvgIpc) is 2.78. The van der Waals surface area contributed by atoms with E-state index in [0.29, 0.717) is 34.0 Å². The molecule has 3 aromatic carbocycles. The van der Waals surface area contributed by atoms with Crippen LogP contribution in [-0.4, -0.2) is 16.7 Å². The summed E-state index contributed by atoms with van der Waals surface area (Å²) >= 11 is 12.0.